The van der Waals surface area contributed by atoms with Crippen LogP contribution in [0.3, 0.4) is 0 Å². The van der Waals surface area contributed by atoms with Gasteiger partial charge in [0.2, 0.25) is 0 Å². The topological polar surface area (TPSA) is 17.1 Å². The number of carbonyl (C=O) groups excluding carboxylic acids is 1. The van der Waals surface area contributed by atoms with Gasteiger partial charge in [0.05, 0.1) is 5.41 Å². The van der Waals surface area contributed by atoms with E-state index >= 15 is 0 Å². The molecule has 0 amide bonds. The molecule has 17 heavy (non-hydrogen) atoms. The Labute approximate surface area is 104 Å². The second-order valence-corrected chi connectivity index (χ2v) is 5.36. The van der Waals surface area contributed by atoms with Crippen molar-refractivity contribution in [1.29, 1.82) is 0 Å². The molecular formula is C16H22O. The average Bonchev–Trinajstić information content (AvgIpc) is 2.29. The summed E-state index contributed by atoms with van der Waals surface area (Å²) >= 11 is 0. The van der Waals surface area contributed by atoms with E-state index in [1.54, 1.807) is 0 Å². The minimum Gasteiger partial charge on any atom is -0.298 e. The van der Waals surface area contributed by atoms with E-state index in [9.17, 15) is 4.79 Å². The molecule has 0 saturated heterocycles. The van der Waals surface area contributed by atoms with Crippen LogP contribution < -0.4 is 0 Å². The zero-order valence-electron chi connectivity index (χ0n) is 10.9. The highest BCUT2D eigenvalue weighted by molar-refractivity contribution is 5.92. The van der Waals surface area contributed by atoms with Gasteiger partial charge < -0.3 is 0 Å². The largest absolute Gasteiger partial charge is 0.298 e. The summed E-state index contributed by atoms with van der Waals surface area (Å²) in [5.41, 5.74) is 1.09. The lowest BCUT2D eigenvalue weighted by molar-refractivity contribution is -0.131. The van der Waals surface area contributed by atoms with Gasteiger partial charge in [-0.1, -0.05) is 57.0 Å². The summed E-state index contributed by atoms with van der Waals surface area (Å²) in [5.74, 6) is 0.678. The van der Waals surface area contributed by atoms with Crippen LogP contribution in [0, 0.1) is 5.92 Å². The lowest BCUT2D eigenvalue weighted by atomic mass is 9.59. The number of Topliss-reactive ketones (excluding diaryl/α,β-unsaturated/α-hetero) is 1. The van der Waals surface area contributed by atoms with Crippen LogP contribution in [0.15, 0.2) is 30.3 Å². The third-order valence-electron chi connectivity index (χ3n) is 4.17. The van der Waals surface area contributed by atoms with Gasteiger partial charge in [-0.15, -0.1) is 0 Å². The number of rotatable bonds is 5. The standard InChI is InChI=1S/C16H22O/c1-3-8-13(2)15(17)16(11-7-12-16)14-9-5-4-6-10-14/h4-6,9-10,13H,3,7-8,11-12H2,1-2H3. The van der Waals surface area contributed by atoms with E-state index in [0.29, 0.717) is 5.78 Å². The van der Waals surface area contributed by atoms with Crippen molar-refractivity contribution in [3.05, 3.63) is 35.9 Å². The molecule has 1 heteroatoms. The quantitative estimate of drug-likeness (QED) is 0.744. The van der Waals surface area contributed by atoms with E-state index in [2.05, 4.69) is 26.0 Å². The van der Waals surface area contributed by atoms with E-state index in [1.807, 2.05) is 18.2 Å². The second kappa shape index (κ2) is 5.03. The zero-order chi connectivity index (χ0) is 12.3. The van der Waals surface area contributed by atoms with Gasteiger partial charge >= 0.3 is 0 Å². The van der Waals surface area contributed by atoms with E-state index in [4.69, 9.17) is 0 Å². The van der Waals surface area contributed by atoms with Crippen LogP contribution in [-0.2, 0) is 10.2 Å². The Morgan fingerprint density at radius 1 is 1.29 bits per heavy atom. The van der Waals surface area contributed by atoms with Crippen molar-refractivity contribution in [1.82, 2.24) is 0 Å². The number of ketones is 1. The van der Waals surface area contributed by atoms with Crippen molar-refractivity contribution in [3.8, 4) is 0 Å². The molecule has 0 aliphatic heterocycles. The monoisotopic (exact) mass is 230 g/mol. The number of benzene rings is 1. The highest BCUT2D eigenvalue weighted by atomic mass is 16.1. The molecule has 0 radical (unpaired) electrons. The molecule has 1 saturated carbocycles. The van der Waals surface area contributed by atoms with E-state index in [0.717, 1.165) is 25.7 Å². The minimum atomic E-state index is -0.143. The molecule has 1 unspecified atom stereocenters. The second-order valence-electron chi connectivity index (χ2n) is 5.36. The van der Waals surface area contributed by atoms with Crippen LogP contribution >= 0.6 is 0 Å². The zero-order valence-corrected chi connectivity index (χ0v) is 10.9. The molecule has 1 aromatic carbocycles. The van der Waals surface area contributed by atoms with Crippen molar-refractivity contribution >= 4 is 5.78 Å². The van der Waals surface area contributed by atoms with Crippen molar-refractivity contribution in [2.24, 2.45) is 5.92 Å². The number of hydrogen-bond acceptors (Lipinski definition) is 1. The lowest BCUT2D eigenvalue weighted by Gasteiger charge is -2.42. The summed E-state index contributed by atoms with van der Waals surface area (Å²) in [6, 6.07) is 10.4. The molecule has 1 nitrogen and oxygen atoms in total. The third kappa shape index (κ3) is 2.15. The van der Waals surface area contributed by atoms with E-state index < -0.39 is 0 Å². The number of carbonyl (C=O) groups is 1. The molecule has 0 N–H and O–H groups in total. The maximum absolute atomic E-state index is 12.6. The van der Waals surface area contributed by atoms with Gasteiger partial charge in [-0.2, -0.15) is 0 Å². The molecule has 1 aromatic rings. The first-order valence-electron chi connectivity index (χ1n) is 6.80. The van der Waals surface area contributed by atoms with Gasteiger partial charge in [-0.05, 0) is 24.8 Å². The van der Waals surface area contributed by atoms with Crippen molar-refractivity contribution < 1.29 is 4.79 Å². The summed E-state index contributed by atoms with van der Waals surface area (Å²) < 4.78 is 0. The fourth-order valence-corrected chi connectivity index (χ4v) is 3.00. The average molecular weight is 230 g/mol. The van der Waals surface area contributed by atoms with Gasteiger partial charge in [-0.3, -0.25) is 4.79 Å². The van der Waals surface area contributed by atoms with Crippen LogP contribution in [-0.4, -0.2) is 5.78 Å². The van der Waals surface area contributed by atoms with Gasteiger partial charge in [0, 0.05) is 5.92 Å². The Morgan fingerprint density at radius 2 is 1.94 bits per heavy atom. The Bertz CT molecular complexity index is 376. The molecule has 1 fully saturated rings. The molecule has 1 aliphatic carbocycles. The smallest absolute Gasteiger partial charge is 0.146 e. The molecule has 2 rings (SSSR count). The molecule has 0 bridgehead atoms. The van der Waals surface area contributed by atoms with Crippen LogP contribution in [0.25, 0.3) is 0 Å². The fourth-order valence-electron chi connectivity index (χ4n) is 3.00. The molecule has 0 aromatic heterocycles. The molecule has 92 valence electrons. The molecule has 0 spiro atoms. The Hall–Kier alpha value is -1.11. The summed E-state index contributed by atoms with van der Waals surface area (Å²) in [7, 11) is 0. The molecule has 1 aliphatic rings. The molecule has 0 heterocycles. The summed E-state index contributed by atoms with van der Waals surface area (Å²) in [6.45, 7) is 4.24. The third-order valence-corrected chi connectivity index (χ3v) is 4.17. The minimum absolute atomic E-state index is 0.143. The Kier molecular flexibility index (Phi) is 3.66. The summed E-state index contributed by atoms with van der Waals surface area (Å²) in [4.78, 5) is 12.6. The Morgan fingerprint density at radius 3 is 2.41 bits per heavy atom. The van der Waals surface area contributed by atoms with Crippen LogP contribution in [0.2, 0.25) is 0 Å². The van der Waals surface area contributed by atoms with Crippen molar-refractivity contribution in [2.45, 2.75) is 51.4 Å². The summed E-state index contributed by atoms with van der Waals surface area (Å²) in [6.07, 6.45) is 5.40. The van der Waals surface area contributed by atoms with E-state index in [-0.39, 0.29) is 11.3 Å². The predicted octanol–water partition coefficient (Wildman–Crippen LogP) is 4.11. The highest BCUT2D eigenvalue weighted by Crippen LogP contribution is 2.46. The predicted molar refractivity (Wildman–Crippen MR) is 71.1 cm³/mol. The van der Waals surface area contributed by atoms with Crippen LogP contribution in [0.4, 0.5) is 0 Å². The Balaban J connectivity index is 2.23. The van der Waals surface area contributed by atoms with Crippen molar-refractivity contribution in [2.75, 3.05) is 0 Å². The maximum Gasteiger partial charge on any atom is 0.146 e. The number of hydrogen-bond donors (Lipinski definition) is 0. The maximum atomic E-state index is 12.6. The van der Waals surface area contributed by atoms with Crippen LogP contribution in [0.5, 0.6) is 0 Å². The fraction of sp³-hybridized carbons (Fsp3) is 0.562. The molecule has 1 atom stereocenters. The first-order valence-corrected chi connectivity index (χ1v) is 6.80. The SMILES string of the molecule is CCCC(C)C(=O)C1(c2ccccc2)CCC1. The van der Waals surface area contributed by atoms with Gasteiger partial charge in [0.1, 0.15) is 5.78 Å². The van der Waals surface area contributed by atoms with Crippen molar-refractivity contribution in [3.63, 3.8) is 0 Å². The summed E-state index contributed by atoms with van der Waals surface area (Å²) in [5, 5.41) is 0. The highest BCUT2D eigenvalue weighted by Gasteiger charge is 2.46. The van der Waals surface area contributed by atoms with Gasteiger partial charge in [-0.25, -0.2) is 0 Å². The normalized spacial score (nSPS) is 19.4. The lowest BCUT2D eigenvalue weighted by Crippen LogP contribution is -2.45. The van der Waals surface area contributed by atoms with Crippen LogP contribution in [0.1, 0.15) is 51.5 Å². The van der Waals surface area contributed by atoms with Gasteiger partial charge in [0.25, 0.3) is 0 Å². The first kappa shape index (κ1) is 12.3. The first-order chi connectivity index (χ1) is 8.20. The van der Waals surface area contributed by atoms with Gasteiger partial charge in [0.15, 0.2) is 0 Å². The van der Waals surface area contributed by atoms with E-state index in [1.165, 1.54) is 12.0 Å². The molecular weight excluding hydrogens is 208 g/mol.